The van der Waals surface area contributed by atoms with Gasteiger partial charge in [0.2, 0.25) is 5.91 Å². The number of carbonyl (C=O) groups is 1. The number of hydrogen-bond donors (Lipinski definition) is 2. The summed E-state index contributed by atoms with van der Waals surface area (Å²) in [5, 5.41) is 3.14. The number of nitrogens with two attached hydrogens (primary N) is 1. The minimum absolute atomic E-state index is 0.217. The Labute approximate surface area is 121 Å². The molecule has 3 heteroatoms. The van der Waals surface area contributed by atoms with Crippen molar-refractivity contribution >= 4 is 5.91 Å². The van der Waals surface area contributed by atoms with E-state index >= 15 is 0 Å². The maximum atomic E-state index is 11.8. The first-order valence-corrected chi connectivity index (χ1v) is 7.84. The minimum atomic E-state index is 0.217. The highest BCUT2D eigenvalue weighted by atomic mass is 16.1. The molecule has 0 aromatic heterocycles. The third kappa shape index (κ3) is 4.64. The number of benzene rings is 1. The van der Waals surface area contributed by atoms with Crippen LogP contribution in [0.1, 0.15) is 56.4 Å². The SMILES string of the molecule is NCCCCCCC(=O)NC1CC(c2ccccc2)C1. The van der Waals surface area contributed by atoms with Crippen LogP contribution >= 0.6 is 0 Å². The van der Waals surface area contributed by atoms with Crippen molar-refractivity contribution in [1.29, 1.82) is 0 Å². The summed E-state index contributed by atoms with van der Waals surface area (Å²) in [6.45, 7) is 0.759. The largest absolute Gasteiger partial charge is 0.353 e. The normalized spacial score (nSPS) is 21.2. The van der Waals surface area contributed by atoms with Crippen LogP contribution in [-0.2, 0) is 4.79 Å². The smallest absolute Gasteiger partial charge is 0.220 e. The fourth-order valence-corrected chi connectivity index (χ4v) is 2.82. The maximum absolute atomic E-state index is 11.8. The predicted octanol–water partition coefficient (Wildman–Crippen LogP) is 2.96. The Morgan fingerprint density at radius 2 is 1.80 bits per heavy atom. The van der Waals surface area contributed by atoms with Crippen molar-refractivity contribution < 1.29 is 4.79 Å². The highest BCUT2D eigenvalue weighted by Crippen LogP contribution is 2.36. The zero-order valence-corrected chi connectivity index (χ0v) is 12.2. The van der Waals surface area contributed by atoms with E-state index < -0.39 is 0 Å². The lowest BCUT2D eigenvalue weighted by atomic mass is 9.76. The molecule has 1 aliphatic rings. The monoisotopic (exact) mass is 274 g/mol. The predicted molar refractivity (Wildman–Crippen MR) is 82.5 cm³/mol. The Morgan fingerprint density at radius 3 is 2.50 bits per heavy atom. The van der Waals surface area contributed by atoms with Gasteiger partial charge in [0.1, 0.15) is 0 Å². The van der Waals surface area contributed by atoms with E-state index in [-0.39, 0.29) is 5.91 Å². The average molecular weight is 274 g/mol. The van der Waals surface area contributed by atoms with Crippen molar-refractivity contribution in [2.75, 3.05) is 6.54 Å². The summed E-state index contributed by atoms with van der Waals surface area (Å²) in [7, 11) is 0. The molecule has 0 unspecified atom stereocenters. The van der Waals surface area contributed by atoms with Crippen LogP contribution in [0.15, 0.2) is 30.3 Å². The van der Waals surface area contributed by atoms with Crippen molar-refractivity contribution in [2.24, 2.45) is 5.73 Å². The molecule has 0 heterocycles. The second-order valence-corrected chi connectivity index (χ2v) is 5.80. The molecule has 2 rings (SSSR count). The Hall–Kier alpha value is -1.35. The van der Waals surface area contributed by atoms with Gasteiger partial charge in [-0.1, -0.05) is 43.2 Å². The first-order chi connectivity index (χ1) is 9.79. The van der Waals surface area contributed by atoms with Crippen molar-refractivity contribution in [2.45, 2.75) is 56.9 Å². The van der Waals surface area contributed by atoms with Gasteiger partial charge < -0.3 is 11.1 Å². The number of rotatable bonds is 8. The molecule has 110 valence electrons. The summed E-state index contributed by atoms with van der Waals surface area (Å²) in [4.78, 5) is 11.8. The van der Waals surface area contributed by atoms with Crippen molar-refractivity contribution in [3.8, 4) is 0 Å². The van der Waals surface area contributed by atoms with Crippen molar-refractivity contribution in [1.82, 2.24) is 5.32 Å². The molecule has 1 aromatic carbocycles. The lowest BCUT2D eigenvalue weighted by Crippen LogP contribution is -2.43. The van der Waals surface area contributed by atoms with Crippen LogP contribution in [0.4, 0.5) is 0 Å². The molecular formula is C17H26N2O. The molecule has 0 aliphatic heterocycles. The number of nitrogens with one attached hydrogen (secondary N) is 1. The Kier molecular flexibility index (Phi) is 6.06. The molecule has 1 fully saturated rings. The fourth-order valence-electron chi connectivity index (χ4n) is 2.82. The summed E-state index contributed by atoms with van der Waals surface area (Å²) >= 11 is 0. The third-order valence-corrected chi connectivity index (χ3v) is 4.13. The van der Waals surface area contributed by atoms with Gasteiger partial charge in [0.05, 0.1) is 0 Å². The second kappa shape index (κ2) is 8.05. The van der Waals surface area contributed by atoms with Gasteiger partial charge in [-0.25, -0.2) is 0 Å². The van der Waals surface area contributed by atoms with Crippen LogP contribution in [0.5, 0.6) is 0 Å². The second-order valence-electron chi connectivity index (χ2n) is 5.80. The molecule has 0 saturated heterocycles. The van der Waals surface area contributed by atoms with Crippen molar-refractivity contribution in [3.63, 3.8) is 0 Å². The van der Waals surface area contributed by atoms with Gasteiger partial charge >= 0.3 is 0 Å². The molecule has 1 saturated carbocycles. The van der Waals surface area contributed by atoms with E-state index in [2.05, 4.69) is 29.6 Å². The molecule has 1 amide bonds. The number of amides is 1. The zero-order chi connectivity index (χ0) is 14.2. The third-order valence-electron chi connectivity index (χ3n) is 4.13. The molecule has 0 atom stereocenters. The number of unbranched alkanes of at least 4 members (excludes halogenated alkanes) is 3. The van der Waals surface area contributed by atoms with Crippen LogP contribution in [0.3, 0.4) is 0 Å². The van der Waals surface area contributed by atoms with E-state index in [9.17, 15) is 4.79 Å². The van der Waals surface area contributed by atoms with E-state index in [0.717, 1.165) is 45.1 Å². The van der Waals surface area contributed by atoms with Crippen LogP contribution in [0.2, 0.25) is 0 Å². The quantitative estimate of drug-likeness (QED) is 0.716. The number of carbonyl (C=O) groups excluding carboxylic acids is 1. The van der Waals surface area contributed by atoms with Gasteiger partial charge in [-0.05, 0) is 43.7 Å². The first-order valence-electron chi connectivity index (χ1n) is 7.84. The minimum Gasteiger partial charge on any atom is -0.353 e. The van der Waals surface area contributed by atoms with Gasteiger partial charge in [0, 0.05) is 12.5 Å². The van der Waals surface area contributed by atoms with Crippen LogP contribution in [-0.4, -0.2) is 18.5 Å². The molecule has 3 nitrogen and oxygen atoms in total. The molecular weight excluding hydrogens is 248 g/mol. The molecule has 3 N–H and O–H groups in total. The highest BCUT2D eigenvalue weighted by Gasteiger charge is 2.30. The van der Waals surface area contributed by atoms with Gasteiger partial charge in [0.15, 0.2) is 0 Å². The summed E-state index contributed by atoms with van der Waals surface area (Å²) in [6.07, 6.45) is 7.15. The van der Waals surface area contributed by atoms with Crippen LogP contribution < -0.4 is 11.1 Å². The van der Waals surface area contributed by atoms with Crippen molar-refractivity contribution in [3.05, 3.63) is 35.9 Å². The molecule has 0 spiro atoms. The van der Waals surface area contributed by atoms with E-state index in [1.54, 1.807) is 0 Å². The topological polar surface area (TPSA) is 55.1 Å². The molecule has 1 aliphatic carbocycles. The molecule has 1 aromatic rings. The Balaban J connectivity index is 1.56. The van der Waals surface area contributed by atoms with E-state index in [1.165, 1.54) is 5.56 Å². The summed E-state index contributed by atoms with van der Waals surface area (Å²) in [5.41, 5.74) is 6.85. The van der Waals surface area contributed by atoms with Gasteiger partial charge in [-0.15, -0.1) is 0 Å². The molecule has 20 heavy (non-hydrogen) atoms. The number of hydrogen-bond acceptors (Lipinski definition) is 2. The van der Waals surface area contributed by atoms with Gasteiger partial charge in [-0.2, -0.15) is 0 Å². The van der Waals surface area contributed by atoms with Crippen LogP contribution in [0.25, 0.3) is 0 Å². The highest BCUT2D eigenvalue weighted by molar-refractivity contribution is 5.76. The van der Waals surface area contributed by atoms with Gasteiger partial charge in [0.25, 0.3) is 0 Å². The van der Waals surface area contributed by atoms with E-state index in [0.29, 0.717) is 18.4 Å². The molecule has 0 radical (unpaired) electrons. The first kappa shape index (κ1) is 15.0. The lowest BCUT2D eigenvalue weighted by molar-refractivity contribution is -0.122. The molecule has 0 bridgehead atoms. The standard InChI is InChI=1S/C17H26N2O/c18-11-7-2-1-6-10-17(20)19-16-12-15(13-16)14-8-4-3-5-9-14/h3-5,8-9,15-16H,1-2,6-7,10-13,18H2,(H,19,20). The van der Waals surface area contributed by atoms with E-state index in [1.807, 2.05) is 6.07 Å². The summed E-state index contributed by atoms with van der Waals surface area (Å²) < 4.78 is 0. The van der Waals surface area contributed by atoms with Gasteiger partial charge in [-0.3, -0.25) is 4.79 Å². The van der Waals surface area contributed by atoms with E-state index in [4.69, 9.17) is 5.73 Å². The Morgan fingerprint density at radius 1 is 1.10 bits per heavy atom. The Bertz CT molecular complexity index is 399. The maximum Gasteiger partial charge on any atom is 0.220 e. The zero-order valence-electron chi connectivity index (χ0n) is 12.2. The summed E-state index contributed by atoms with van der Waals surface area (Å²) in [5.74, 6) is 0.848. The lowest BCUT2D eigenvalue weighted by Gasteiger charge is -2.36. The van der Waals surface area contributed by atoms with Crippen LogP contribution in [0, 0.1) is 0 Å². The average Bonchev–Trinajstić information content (AvgIpc) is 2.43. The summed E-state index contributed by atoms with van der Waals surface area (Å²) in [6, 6.07) is 11.0. The fraction of sp³-hybridized carbons (Fsp3) is 0.588.